The number of rotatable bonds is 2. The van der Waals surface area contributed by atoms with Crippen LogP contribution in [-0.4, -0.2) is 31.6 Å². The largest absolute Gasteiger partial charge is 0.341 e. The molecule has 1 unspecified atom stereocenters. The normalized spacial score (nSPS) is 18.6. The van der Waals surface area contributed by atoms with Crippen LogP contribution in [0.25, 0.3) is 0 Å². The summed E-state index contributed by atoms with van der Waals surface area (Å²) in [6, 6.07) is 5.22. The minimum Gasteiger partial charge on any atom is -0.341 e. The van der Waals surface area contributed by atoms with Gasteiger partial charge < -0.3 is 15.5 Å². The average molecular weight is 261 g/mol. The summed E-state index contributed by atoms with van der Waals surface area (Å²) in [5, 5.41) is 5.13. The summed E-state index contributed by atoms with van der Waals surface area (Å²) in [6.45, 7) is 4.70. The van der Waals surface area contributed by atoms with Crippen molar-refractivity contribution in [3.8, 4) is 0 Å². The van der Waals surface area contributed by atoms with Crippen LogP contribution in [0.3, 0.4) is 0 Å². The summed E-state index contributed by atoms with van der Waals surface area (Å²) in [5.74, 6) is -0.0492. The molecule has 1 aliphatic rings. The van der Waals surface area contributed by atoms with Crippen molar-refractivity contribution in [1.29, 1.82) is 0 Å². The molecule has 1 aliphatic heterocycles. The van der Waals surface area contributed by atoms with E-state index in [0.717, 1.165) is 11.3 Å². The lowest BCUT2D eigenvalue weighted by atomic mass is 10.1. The molecular formula is C14H19N3O2. The molecule has 2 rings (SSSR count). The fourth-order valence-corrected chi connectivity index (χ4v) is 2.19. The summed E-state index contributed by atoms with van der Waals surface area (Å²) in [6.07, 6.45) is 0.638. The van der Waals surface area contributed by atoms with E-state index in [2.05, 4.69) is 10.6 Å². The van der Waals surface area contributed by atoms with Crippen molar-refractivity contribution in [3.63, 3.8) is 0 Å². The number of urea groups is 1. The molecule has 1 fully saturated rings. The summed E-state index contributed by atoms with van der Waals surface area (Å²) in [7, 11) is 1.54. The van der Waals surface area contributed by atoms with Crippen LogP contribution in [0.15, 0.2) is 18.2 Å². The van der Waals surface area contributed by atoms with E-state index in [1.807, 2.05) is 32.0 Å². The maximum Gasteiger partial charge on any atom is 0.315 e. The fraction of sp³-hybridized carbons (Fsp3) is 0.429. The van der Waals surface area contributed by atoms with E-state index >= 15 is 0 Å². The van der Waals surface area contributed by atoms with Gasteiger partial charge in [0.15, 0.2) is 0 Å². The maximum absolute atomic E-state index is 12.2. The smallest absolute Gasteiger partial charge is 0.315 e. The van der Waals surface area contributed by atoms with E-state index in [-0.39, 0.29) is 11.9 Å². The molecular weight excluding hydrogens is 242 g/mol. The molecule has 1 heterocycles. The minimum atomic E-state index is -0.429. The predicted molar refractivity (Wildman–Crippen MR) is 74.3 cm³/mol. The summed E-state index contributed by atoms with van der Waals surface area (Å²) >= 11 is 0. The van der Waals surface area contributed by atoms with Crippen LogP contribution in [0.5, 0.6) is 0 Å². The SMILES string of the molecule is CNC(=O)NC1CCN(c2ccc(C)c(C)c2)C1=O. The standard InChI is InChI=1S/C14H19N3O2/c1-9-4-5-11(8-10(9)2)17-7-6-12(13(17)18)16-14(19)15-3/h4-5,8,12H,6-7H2,1-3H3,(H2,15,16,19). The Bertz CT molecular complexity index is 513. The van der Waals surface area contributed by atoms with Gasteiger partial charge in [-0.25, -0.2) is 4.79 Å². The van der Waals surface area contributed by atoms with E-state index in [0.29, 0.717) is 13.0 Å². The highest BCUT2D eigenvalue weighted by atomic mass is 16.2. The van der Waals surface area contributed by atoms with Gasteiger partial charge in [0.05, 0.1) is 0 Å². The van der Waals surface area contributed by atoms with Crippen LogP contribution in [-0.2, 0) is 4.79 Å². The number of anilines is 1. The van der Waals surface area contributed by atoms with Crippen molar-refractivity contribution in [2.75, 3.05) is 18.5 Å². The quantitative estimate of drug-likeness (QED) is 0.844. The lowest BCUT2D eigenvalue weighted by Gasteiger charge is -2.18. The van der Waals surface area contributed by atoms with Crippen molar-refractivity contribution in [1.82, 2.24) is 10.6 Å². The summed E-state index contributed by atoms with van der Waals surface area (Å²) < 4.78 is 0. The summed E-state index contributed by atoms with van der Waals surface area (Å²) in [4.78, 5) is 25.2. The number of hydrogen-bond donors (Lipinski definition) is 2. The molecule has 102 valence electrons. The number of nitrogens with one attached hydrogen (secondary N) is 2. The highest BCUT2D eigenvalue weighted by Gasteiger charge is 2.33. The van der Waals surface area contributed by atoms with Crippen molar-refractivity contribution >= 4 is 17.6 Å². The second kappa shape index (κ2) is 5.30. The molecule has 1 atom stereocenters. The third kappa shape index (κ3) is 2.70. The molecule has 0 radical (unpaired) electrons. The molecule has 0 aromatic heterocycles. The fourth-order valence-electron chi connectivity index (χ4n) is 2.19. The van der Waals surface area contributed by atoms with Gasteiger partial charge in [0.25, 0.3) is 0 Å². The van der Waals surface area contributed by atoms with Gasteiger partial charge in [-0.1, -0.05) is 6.07 Å². The van der Waals surface area contributed by atoms with Crippen LogP contribution in [0.4, 0.5) is 10.5 Å². The Kier molecular flexibility index (Phi) is 3.74. The molecule has 0 bridgehead atoms. The Morgan fingerprint density at radius 2 is 2.05 bits per heavy atom. The molecule has 0 spiro atoms. The maximum atomic E-state index is 12.2. The number of amides is 3. The van der Waals surface area contributed by atoms with Gasteiger partial charge in [0.1, 0.15) is 6.04 Å². The number of carbonyl (C=O) groups is 2. The number of hydrogen-bond acceptors (Lipinski definition) is 2. The highest BCUT2D eigenvalue weighted by Crippen LogP contribution is 2.23. The zero-order valence-electron chi connectivity index (χ0n) is 11.5. The zero-order valence-corrected chi connectivity index (χ0v) is 11.5. The molecule has 1 aromatic rings. The zero-order chi connectivity index (χ0) is 14.0. The molecule has 2 N–H and O–H groups in total. The summed E-state index contributed by atoms with van der Waals surface area (Å²) in [5.41, 5.74) is 3.26. The van der Waals surface area contributed by atoms with Crippen LogP contribution in [0.1, 0.15) is 17.5 Å². The monoisotopic (exact) mass is 261 g/mol. The topological polar surface area (TPSA) is 61.4 Å². The number of carbonyl (C=O) groups excluding carboxylic acids is 2. The van der Waals surface area contributed by atoms with Crippen LogP contribution < -0.4 is 15.5 Å². The van der Waals surface area contributed by atoms with E-state index < -0.39 is 6.04 Å². The first-order valence-electron chi connectivity index (χ1n) is 6.40. The van der Waals surface area contributed by atoms with Gasteiger partial charge in [-0.05, 0) is 43.5 Å². The highest BCUT2D eigenvalue weighted by molar-refractivity contribution is 6.01. The van der Waals surface area contributed by atoms with Gasteiger partial charge in [-0.2, -0.15) is 0 Å². The Labute approximate surface area is 113 Å². The number of aryl methyl sites for hydroxylation is 2. The van der Waals surface area contributed by atoms with Crippen molar-refractivity contribution in [3.05, 3.63) is 29.3 Å². The number of nitrogens with zero attached hydrogens (tertiary/aromatic N) is 1. The van der Waals surface area contributed by atoms with Gasteiger partial charge in [0, 0.05) is 19.3 Å². The van der Waals surface area contributed by atoms with Crippen molar-refractivity contribution in [2.24, 2.45) is 0 Å². The van der Waals surface area contributed by atoms with Gasteiger partial charge in [-0.3, -0.25) is 4.79 Å². The second-order valence-electron chi connectivity index (χ2n) is 4.82. The lowest BCUT2D eigenvalue weighted by molar-refractivity contribution is -0.118. The number of benzene rings is 1. The second-order valence-corrected chi connectivity index (χ2v) is 4.82. The van der Waals surface area contributed by atoms with E-state index in [1.54, 1.807) is 4.90 Å². The van der Waals surface area contributed by atoms with Crippen LogP contribution >= 0.6 is 0 Å². The Morgan fingerprint density at radius 3 is 2.68 bits per heavy atom. The van der Waals surface area contributed by atoms with Gasteiger partial charge >= 0.3 is 6.03 Å². The first kappa shape index (κ1) is 13.4. The van der Waals surface area contributed by atoms with Crippen LogP contribution in [0.2, 0.25) is 0 Å². The van der Waals surface area contributed by atoms with E-state index in [1.165, 1.54) is 12.6 Å². The van der Waals surface area contributed by atoms with Crippen molar-refractivity contribution < 1.29 is 9.59 Å². The van der Waals surface area contributed by atoms with E-state index in [4.69, 9.17) is 0 Å². The first-order chi connectivity index (χ1) is 9.02. The Hall–Kier alpha value is -2.04. The predicted octanol–water partition coefficient (Wildman–Crippen LogP) is 1.34. The molecule has 0 saturated carbocycles. The van der Waals surface area contributed by atoms with Gasteiger partial charge in [-0.15, -0.1) is 0 Å². The molecule has 5 nitrogen and oxygen atoms in total. The van der Waals surface area contributed by atoms with Gasteiger partial charge in [0.2, 0.25) is 5.91 Å². The van der Waals surface area contributed by atoms with Crippen LogP contribution in [0, 0.1) is 13.8 Å². The minimum absolute atomic E-state index is 0.0492. The molecule has 1 aromatic carbocycles. The Balaban J connectivity index is 2.13. The third-order valence-corrected chi connectivity index (χ3v) is 3.54. The molecule has 19 heavy (non-hydrogen) atoms. The molecule has 5 heteroatoms. The first-order valence-corrected chi connectivity index (χ1v) is 6.40. The molecule has 1 saturated heterocycles. The Morgan fingerprint density at radius 1 is 1.32 bits per heavy atom. The third-order valence-electron chi connectivity index (χ3n) is 3.54. The lowest BCUT2D eigenvalue weighted by Crippen LogP contribution is -2.45. The average Bonchev–Trinajstić information content (AvgIpc) is 2.74. The van der Waals surface area contributed by atoms with E-state index in [9.17, 15) is 9.59 Å². The molecule has 3 amide bonds. The van der Waals surface area contributed by atoms with Crippen molar-refractivity contribution in [2.45, 2.75) is 26.3 Å². The molecule has 0 aliphatic carbocycles.